The molecule has 0 atom stereocenters. The number of fused-ring (bicyclic) bond motifs is 3. The molecular weight excluding hydrogens is 484 g/mol. The smallest absolute Gasteiger partial charge is 0.311 e. The molecule has 1 aromatic heterocycles. The van der Waals surface area contributed by atoms with Gasteiger partial charge in [-0.15, -0.1) is 0 Å². The van der Waals surface area contributed by atoms with Gasteiger partial charge in [0.1, 0.15) is 0 Å². The van der Waals surface area contributed by atoms with Crippen LogP contribution in [0.4, 0.5) is 5.69 Å². The molecule has 0 spiro atoms. The third-order valence-electron chi connectivity index (χ3n) is 8.04. The van der Waals surface area contributed by atoms with E-state index in [4.69, 9.17) is 4.74 Å². The zero-order valence-electron chi connectivity index (χ0n) is 24.7. The van der Waals surface area contributed by atoms with E-state index in [0.717, 1.165) is 47.6 Å². The van der Waals surface area contributed by atoms with Gasteiger partial charge in [-0.2, -0.15) is 0 Å². The Morgan fingerprint density at radius 1 is 0.667 bits per heavy atom. The lowest BCUT2D eigenvalue weighted by molar-refractivity contribution is -0.385. The van der Waals surface area contributed by atoms with Gasteiger partial charge in [0.2, 0.25) is 0 Å². The quantitative estimate of drug-likeness (QED) is 0.0729. The lowest BCUT2D eigenvalue weighted by atomic mass is 10.1. The van der Waals surface area contributed by atoms with Crippen LogP contribution in [0.3, 0.4) is 0 Å². The molecule has 5 nitrogen and oxygen atoms in total. The van der Waals surface area contributed by atoms with Crippen LogP contribution in [0.2, 0.25) is 0 Å². The van der Waals surface area contributed by atoms with Gasteiger partial charge >= 0.3 is 5.69 Å². The van der Waals surface area contributed by atoms with E-state index in [9.17, 15) is 10.1 Å². The van der Waals surface area contributed by atoms with Crippen molar-refractivity contribution in [3.8, 4) is 5.75 Å². The largest absolute Gasteiger partial charge is 0.487 e. The highest BCUT2D eigenvalue weighted by Crippen LogP contribution is 2.38. The zero-order valence-corrected chi connectivity index (χ0v) is 24.7. The first-order valence-electron chi connectivity index (χ1n) is 16.0. The van der Waals surface area contributed by atoms with Crippen molar-refractivity contribution in [2.45, 2.75) is 136 Å². The SMILES string of the molecule is CCCCCCCCCCCCOc1cc2c(cc1[N+](=O)[O-])c1ccccc1n2CCCCCCCCCC. The predicted octanol–water partition coefficient (Wildman–Crippen LogP) is 11.1. The van der Waals surface area contributed by atoms with Crippen molar-refractivity contribution in [3.63, 3.8) is 0 Å². The summed E-state index contributed by atoms with van der Waals surface area (Å²) in [6.45, 7) is 5.97. The summed E-state index contributed by atoms with van der Waals surface area (Å²) in [6.07, 6.45) is 22.8. The Bertz CT molecular complexity index is 1120. The number of aryl methyl sites for hydroxylation is 1. The number of rotatable bonds is 22. The molecule has 0 N–H and O–H groups in total. The predicted molar refractivity (Wildman–Crippen MR) is 166 cm³/mol. The maximum Gasteiger partial charge on any atom is 0.311 e. The van der Waals surface area contributed by atoms with Crippen LogP contribution in [-0.4, -0.2) is 16.1 Å². The maximum absolute atomic E-state index is 12.0. The van der Waals surface area contributed by atoms with E-state index in [1.54, 1.807) is 6.07 Å². The average molecular weight is 537 g/mol. The fraction of sp³-hybridized carbons (Fsp3) is 0.647. The summed E-state index contributed by atoms with van der Waals surface area (Å²) in [5, 5.41) is 14.0. The Labute approximate surface area is 236 Å². The third-order valence-corrected chi connectivity index (χ3v) is 8.04. The van der Waals surface area contributed by atoms with Crippen LogP contribution in [-0.2, 0) is 6.54 Å². The highest BCUT2D eigenvalue weighted by atomic mass is 16.6. The van der Waals surface area contributed by atoms with Gasteiger partial charge in [-0.05, 0) is 18.9 Å². The highest BCUT2D eigenvalue weighted by molar-refractivity contribution is 6.09. The molecule has 0 fully saturated rings. The number of nitro groups is 1. The summed E-state index contributed by atoms with van der Waals surface area (Å²) in [5.74, 6) is 0.406. The molecule has 216 valence electrons. The van der Waals surface area contributed by atoms with Crippen molar-refractivity contribution in [1.82, 2.24) is 4.57 Å². The molecule has 1 heterocycles. The van der Waals surface area contributed by atoms with Gasteiger partial charge in [0.05, 0.1) is 17.0 Å². The van der Waals surface area contributed by atoms with Gasteiger partial charge in [0.25, 0.3) is 0 Å². The highest BCUT2D eigenvalue weighted by Gasteiger charge is 2.21. The van der Waals surface area contributed by atoms with Gasteiger partial charge in [0.15, 0.2) is 5.75 Å². The van der Waals surface area contributed by atoms with Crippen molar-refractivity contribution in [1.29, 1.82) is 0 Å². The summed E-state index contributed by atoms with van der Waals surface area (Å²) >= 11 is 0. The van der Waals surface area contributed by atoms with Gasteiger partial charge in [-0.1, -0.05) is 135 Å². The van der Waals surface area contributed by atoms with Crippen LogP contribution in [0.5, 0.6) is 5.75 Å². The Balaban J connectivity index is 1.59. The molecule has 5 heteroatoms. The van der Waals surface area contributed by atoms with Crippen LogP contribution in [0.25, 0.3) is 21.8 Å². The number of benzene rings is 2. The Morgan fingerprint density at radius 3 is 1.79 bits per heavy atom. The monoisotopic (exact) mass is 536 g/mol. The number of ether oxygens (including phenoxy) is 1. The first-order chi connectivity index (χ1) is 19.2. The lowest BCUT2D eigenvalue weighted by Gasteiger charge is -2.10. The fourth-order valence-corrected chi connectivity index (χ4v) is 5.74. The van der Waals surface area contributed by atoms with Crippen LogP contribution in [0, 0.1) is 10.1 Å². The van der Waals surface area contributed by atoms with Gasteiger partial charge in [-0.3, -0.25) is 10.1 Å². The number of hydrogen-bond acceptors (Lipinski definition) is 3. The van der Waals surface area contributed by atoms with Crippen molar-refractivity contribution >= 4 is 27.5 Å². The van der Waals surface area contributed by atoms with E-state index >= 15 is 0 Å². The number of aromatic nitrogens is 1. The first-order valence-corrected chi connectivity index (χ1v) is 16.0. The molecule has 2 aromatic carbocycles. The number of nitrogens with zero attached hydrogens (tertiary/aromatic N) is 2. The molecule has 39 heavy (non-hydrogen) atoms. The third kappa shape index (κ3) is 9.85. The van der Waals surface area contributed by atoms with Crippen LogP contribution in [0.15, 0.2) is 36.4 Å². The molecule has 0 saturated heterocycles. The number of nitro benzene ring substituents is 1. The van der Waals surface area contributed by atoms with Crippen LogP contribution >= 0.6 is 0 Å². The summed E-state index contributed by atoms with van der Waals surface area (Å²) in [4.78, 5) is 11.7. The van der Waals surface area contributed by atoms with Gasteiger partial charge in [0, 0.05) is 35.0 Å². The Morgan fingerprint density at radius 2 is 1.21 bits per heavy atom. The van der Waals surface area contributed by atoms with Crippen molar-refractivity contribution in [3.05, 3.63) is 46.5 Å². The standard InChI is InChI=1S/C34H52N2O3/c1-3-5-7-9-11-13-14-16-18-22-26-39-34-28-32-30(27-33(34)36(37)38)29-23-19-20-24-31(29)35(32)25-21-17-15-12-10-8-6-4-2/h19-20,23-24,27-28H,3-18,21-22,25-26H2,1-2H3. The fourth-order valence-electron chi connectivity index (χ4n) is 5.74. The van der Waals surface area contributed by atoms with E-state index in [0.29, 0.717) is 12.4 Å². The van der Waals surface area contributed by atoms with Gasteiger partial charge in [-0.25, -0.2) is 0 Å². The molecule has 0 bridgehead atoms. The summed E-state index contributed by atoms with van der Waals surface area (Å²) in [5.41, 5.74) is 2.27. The number of unbranched alkanes of at least 4 members (excludes halogenated alkanes) is 16. The van der Waals surface area contributed by atoms with E-state index in [1.165, 1.54) is 96.3 Å². The van der Waals surface area contributed by atoms with E-state index in [-0.39, 0.29) is 10.6 Å². The lowest BCUT2D eigenvalue weighted by Crippen LogP contribution is -2.02. The number of para-hydroxylation sites is 1. The van der Waals surface area contributed by atoms with Crippen molar-refractivity contribution in [2.75, 3.05) is 6.61 Å². The molecule has 0 aliphatic heterocycles. The topological polar surface area (TPSA) is 57.3 Å². The van der Waals surface area contributed by atoms with E-state index in [2.05, 4.69) is 36.6 Å². The minimum absolute atomic E-state index is 0.0737. The molecule has 0 aliphatic rings. The van der Waals surface area contributed by atoms with E-state index < -0.39 is 0 Å². The summed E-state index contributed by atoms with van der Waals surface area (Å²) in [7, 11) is 0. The van der Waals surface area contributed by atoms with E-state index in [1.807, 2.05) is 12.1 Å². The minimum atomic E-state index is -0.294. The first kappa shape index (κ1) is 31.0. The molecule has 0 unspecified atom stereocenters. The van der Waals surface area contributed by atoms with Crippen molar-refractivity contribution < 1.29 is 9.66 Å². The second kappa shape index (κ2) is 17.9. The summed E-state index contributed by atoms with van der Waals surface area (Å²) < 4.78 is 8.41. The Hall–Kier alpha value is -2.56. The molecule has 0 saturated carbocycles. The van der Waals surface area contributed by atoms with Crippen LogP contribution < -0.4 is 4.74 Å². The molecule has 0 aliphatic carbocycles. The molecule has 0 radical (unpaired) electrons. The normalized spacial score (nSPS) is 11.5. The summed E-state index contributed by atoms with van der Waals surface area (Å²) in [6, 6.07) is 11.9. The average Bonchev–Trinajstić information content (AvgIpc) is 3.25. The van der Waals surface area contributed by atoms with Gasteiger partial charge < -0.3 is 9.30 Å². The molecule has 0 amide bonds. The van der Waals surface area contributed by atoms with Crippen LogP contribution in [0.1, 0.15) is 129 Å². The molecule has 3 aromatic rings. The molecular formula is C34H52N2O3. The molecule has 3 rings (SSSR count). The Kier molecular flexibility index (Phi) is 14.2. The second-order valence-electron chi connectivity index (χ2n) is 11.3. The maximum atomic E-state index is 12.0. The minimum Gasteiger partial charge on any atom is -0.487 e. The van der Waals surface area contributed by atoms with Crippen molar-refractivity contribution in [2.24, 2.45) is 0 Å². The zero-order chi connectivity index (χ0) is 27.7. The second-order valence-corrected chi connectivity index (χ2v) is 11.3. The number of hydrogen-bond donors (Lipinski definition) is 0.